The van der Waals surface area contributed by atoms with Crippen LogP contribution in [0, 0.1) is 12.8 Å². The van der Waals surface area contributed by atoms with Gasteiger partial charge >= 0.3 is 5.97 Å². The summed E-state index contributed by atoms with van der Waals surface area (Å²) in [5.41, 5.74) is 1.74. The van der Waals surface area contributed by atoms with Crippen molar-refractivity contribution in [2.45, 2.75) is 70.2 Å². The molecule has 8 heteroatoms. The number of rotatable bonds is 16. The van der Waals surface area contributed by atoms with Crippen LogP contribution < -0.4 is 5.32 Å². The van der Waals surface area contributed by atoms with E-state index >= 15 is 0 Å². The van der Waals surface area contributed by atoms with Gasteiger partial charge in [-0.15, -0.1) is 0 Å². The summed E-state index contributed by atoms with van der Waals surface area (Å²) in [6.07, 6.45) is 5.47. The van der Waals surface area contributed by atoms with Gasteiger partial charge < -0.3 is 10.4 Å². The van der Waals surface area contributed by atoms with Gasteiger partial charge in [-0.25, -0.2) is 8.42 Å². The van der Waals surface area contributed by atoms with Crippen molar-refractivity contribution in [1.82, 2.24) is 9.62 Å². The second kappa shape index (κ2) is 14.6. The first-order valence-corrected chi connectivity index (χ1v) is 14.3. The summed E-state index contributed by atoms with van der Waals surface area (Å²) in [5, 5.41) is 14.2. The van der Waals surface area contributed by atoms with Crippen molar-refractivity contribution in [3.05, 3.63) is 64.7 Å². The molecule has 0 aromatic heterocycles. The number of benzene rings is 2. The number of unbranched alkanes of at least 4 members (excludes halogenated alkanes) is 4. The van der Waals surface area contributed by atoms with Crippen LogP contribution in [0.15, 0.2) is 53.4 Å². The van der Waals surface area contributed by atoms with Crippen LogP contribution in [0.2, 0.25) is 5.02 Å². The van der Waals surface area contributed by atoms with Crippen molar-refractivity contribution < 1.29 is 18.3 Å². The Bertz CT molecular complexity index is 1010. The second-order valence-corrected chi connectivity index (χ2v) is 11.4. The molecule has 0 fully saturated rings. The van der Waals surface area contributed by atoms with E-state index in [9.17, 15) is 18.3 Å². The number of carboxylic acids is 1. The van der Waals surface area contributed by atoms with Crippen molar-refractivity contribution in [2.75, 3.05) is 19.6 Å². The number of nitrogens with zero attached hydrogens (tertiary/aromatic N) is 1. The first kappa shape index (κ1) is 29.3. The van der Waals surface area contributed by atoms with Gasteiger partial charge in [0.2, 0.25) is 10.0 Å². The number of nitrogens with one attached hydrogen (secondary N) is 1. The minimum absolute atomic E-state index is 0.122. The summed E-state index contributed by atoms with van der Waals surface area (Å²) in [5.74, 6) is -2.01. The summed E-state index contributed by atoms with van der Waals surface area (Å²) in [7, 11) is -3.86. The summed E-state index contributed by atoms with van der Waals surface area (Å²) < 4.78 is 28.5. The first-order chi connectivity index (χ1) is 16.7. The van der Waals surface area contributed by atoms with E-state index in [1.165, 1.54) is 4.31 Å². The number of carbonyl (C=O) groups is 1. The highest BCUT2D eigenvalue weighted by molar-refractivity contribution is 7.89. The van der Waals surface area contributed by atoms with Crippen LogP contribution in [0.25, 0.3) is 0 Å². The van der Waals surface area contributed by atoms with E-state index in [0.717, 1.165) is 43.2 Å². The number of sulfonamides is 1. The van der Waals surface area contributed by atoms with E-state index in [2.05, 4.69) is 19.2 Å². The topological polar surface area (TPSA) is 86.7 Å². The Morgan fingerprint density at radius 3 is 2.14 bits per heavy atom. The van der Waals surface area contributed by atoms with E-state index in [-0.39, 0.29) is 18.0 Å². The van der Waals surface area contributed by atoms with Gasteiger partial charge in [-0.2, -0.15) is 4.31 Å². The van der Waals surface area contributed by atoms with E-state index in [0.29, 0.717) is 18.0 Å². The minimum atomic E-state index is -3.86. The molecule has 0 bridgehead atoms. The molecule has 2 atom stereocenters. The molecule has 2 aromatic carbocycles. The molecule has 0 aliphatic rings. The molecular formula is C27H39ClN2O4S. The van der Waals surface area contributed by atoms with Crippen molar-refractivity contribution in [2.24, 2.45) is 5.92 Å². The smallest absolute Gasteiger partial charge is 0.309 e. The summed E-state index contributed by atoms with van der Waals surface area (Å²) in [6, 6.07) is 13.2. The maximum absolute atomic E-state index is 13.6. The van der Waals surface area contributed by atoms with Crippen LogP contribution in [0.1, 0.15) is 69.5 Å². The molecule has 0 heterocycles. The highest BCUT2D eigenvalue weighted by atomic mass is 35.5. The third kappa shape index (κ3) is 8.90. The lowest BCUT2D eigenvalue weighted by Gasteiger charge is -2.31. The Morgan fingerprint density at radius 1 is 0.971 bits per heavy atom. The molecule has 2 aromatic rings. The zero-order valence-electron chi connectivity index (χ0n) is 21.0. The monoisotopic (exact) mass is 522 g/mol. The van der Waals surface area contributed by atoms with Gasteiger partial charge in [-0.3, -0.25) is 4.79 Å². The lowest BCUT2D eigenvalue weighted by molar-refractivity contribution is -0.143. The van der Waals surface area contributed by atoms with Gasteiger partial charge in [-0.05, 0) is 56.1 Å². The normalized spacial score (nSPS) is 13.6. The molecule has 0 saturated heterocycles. The Kier molecular flexibility index (Phi) is 12.2. The fraction of sp³-hybridized carbons (Fsp3) is 0.519. The number of hydrogen-bond acceptors (Lipinski definition) is 4. The minimum Gasteiger partial charge on any atom is -0.481 e. The molecule has 194 valence electrons. The average molecular weight is 523 g/mol. The Balaban J connectivity index is 2.41. The highest BCUT2D eigenvalue weighted by Crippen LogP contribution is 2.28. The molecule has 6 nitrogen and oxygen atoms in total. The van der Waals surface area contributed by atoms with Crippen molar-refractivity contribution in [1.29, 1.82) is 0 Å². The second-order valence-electron chi connectivity index (χ2n) is 9.02. The quantitative estimate of drug-likeness (QED) is 0.262. The molecule has 0 amide bonds. The molecule has 2 N–H and O–H groups in total. The molecule has 2 unspecified atom stereocenters. The van der Waals surface area contributed by atoms with Gasteiger partial charge in [0.05, 0.1) is 10.8 Å². The summed E-state index contributed by atoms with van der Waals surface area (Å²) in [6.45, 7) is 6.86. The third-order valence-corrected chi connectivity index (χ3v) is 8.29. The Morgan fingerprint density at radius 2 is 1.57 bits per heavy atom. The van der Waals surface area contributed by atoms with Crippen LogP contribution in [-0.2, 0) is 14.8 Å². The third-order valence-electron chi connectivity index (χ3n) is 6.16. The maximum atomic E-state index is 13.6. The van der Waals surface area contributed by atoms with Gasteiger partial charge in [0.25, 0.3) is 0 Å². The average Bonchev–Trinajstić information content (AvgIpc) is 2.83. The van der Waals surface area contributed by atoms with Crippen molar-refractivity contribution in [3.8, 4) is 0 Å². The summed E-state index contributed by atoms with van der Waals surface area (Å²) >= 11 is 6.07. The fourth-order valence-corrected chi connectivity index (χ4v) is 5.68. The molecule has 0 spiro atoms. The number of aliphatic carboxylic acids is 1. The molecular weight excluding hydrogens is 484 g/mol. The number of carboxylic acid groups (broad SMARTS) is 1. The van der Waals surface area contributed by atoms with Crippen LogP contribution in [0.3, 0.4) is 0 Å². The van der Waals surface area contributed by atoms with Crippen LogP contribution >= 0.6 is 11.6 Å². The molecule has 2 rings (SSSR count). The maximum Gasteiger partial charge on any atom is 0.309 e. The standard InChI is InChI=1S/C27H39ClN2O4S/c1-4-6-8-18-29-26(22-12-14-23(28)15-13-22)25(27(31)32)20-30(19-9-7-5-2)35(33,34)24-16-10-21(3)11-17-24/h10-17,25-26,29H,4-9,18-20H2,1-3H3,(H,31,32). The zero-order valence-corrected chi connectivity index (χ0v) is 22.6. The van der Waals surface area contributed by atoms with Gasteiger partial charge in [-0.1, -0.05) is 81.0 Å². The van der Waals surface area contributed by atoms with Crippen LogP contribution in [-0.4, -0.2) is 43.4 Å². The van der Waals surface area contributed by atoms with Crippen molar-refractivity contribution >= 4 is 27.6 Å². The molecule has 0 aliphatic carbocycles. The van der Waals surface area contributed by atoms with Gasteiger partial charge in [0.1, 0.15) is 0 Å². The van der Waals surface area contributed by atoms with E-state index in [1.807, 2.05) is 19.1 Å². The fourth-order valence-electron chi connectivity index (χ4n) is 4.05. The largest absolute Gasteiger partial charge is 0.481 e. The highest BCUT2D eigenvalue weighted by Gasteiger charge is 2.35. The van der Waals surface area contributed by atoms with Gasteiger partial charge in [0, 0.05) is 24.2 Å². The first-order valence-electron chi connectivity index (χ1n) is 12.5. The number of aryl methyl sites for hydroxylation is 1. The van der Waals surface area contributed by atoms with E-state index < -0.39 is 28.0 Å². The molecule has 0 radical (unpaired) electrons. The van der Waals surface area contributed by atoms with E-state index in [1.54, 1.807) is 36.4 Å². The molecule has 0 aliphatic heterocycles. The SMILES string of the molecule is CCCCCNC(c1ccc(Cl)cc1)C(CN(CCCCC)S(=O)(=O)c1ccc(C)cc1)C(=O)O. The number of halogens is 1. The van der Waals surface area contributed by atoms with Crippen LogP contribution in [0.5, 0.6) is 0 Å². The molecule has 35 heavy (non-hydrogen) atoms. The lowest BCUT2D eigenvalue weighted by atomic mass is 9.92. The number of hydrogen-bond donors (Lipinski definition) is 2. The predicted molar refractivity (Wildman–Crippen MR) is 142 cm³/mol. The summed E-state index contributed by atoms with van der Waals surface area (Å²) in [4.78, 5) is 12.7. The van der Waals surface area contributed by atoms with E-state index in [4.69, 9.17) is 11.6 Å². The zero-order chi connectivity index (χ0) is 25.8. The van der Waals surface area contributed by atoms with Gasteiger partial charge in [0.15, 0.2) is 0 Å². The Labute approximate surface area is 215 Å². The van der Waals surface area contributed by atoms with Crippen LogP contribution in [0.4, 0.5) is 0 Å². The lowest BCUT2D eigenvalue weighted by Crippen LogP contribution is -2.44. The Hall–Kier alpha value is -1.93. The molecule has 0 saturated carbocycles. The predicted octanol–water partition coefficient (Wildman–Crippen LogP) is 6.05. The van der Waals surface area contributed by atoms with Crippen molar-refractivity contribution in [3.63, 3.8) is 0 Å².